The molecule has 0 spiro atoms. The van der Waals surface area contributed by atoms with E-state index in [4.69, 9.17) is 9.72 Å². The summed E-state index contributed by atoms with van der Waals surface area (Å²) in [6, 6.07) is 22.9. The second-order valence-electron chi connectivity index (χ2n) is 6.81. The van der Waals surface area contributed by atoms with Crippen molar-refractivity contribution in [3.63, 3.8) is 0 Å². The van der Waals surface area contributed by atoms with Crippen molar-refractivity contribution >= 4 is 11.3 Å². The molecule has 2 aromatic carbocycles. The van der Waals surface area contributed by atoms with E-state index in [1.54, 1.807) is 7.11 Å². The first-order valence-corrected chi connectivity index (χ1v) is 9.02. The average Bonchev–Trinajstić information content (AvgIpc) is 3.07. The molecule has 4 aromatic rings. The van der Waals surface area contributed by atoms with Gasteiger partial charge in [-0.25, -0.2) is 4.98 Å². The first-order chi connectivity index (χ1) is 13.2. The normalized spacial score (nSPS) is 10.9. The Morgan fingerprint density at radius 3 is 2.52 bits per heavy atom. The summed E-state index contributed by atoms with van der Waals surface area (Å²) >= 11 is 0. The van der Waals surface area contributed by atoms with Gasteiger partial charge < -0.3 is 14.0 Å². The Labute approximate surface area is 159 Å². The fraction of sp³-hybridized carbons (Fsp3) is 0.174. The van der Waals surface area contributed by atoms with Crippen molar-refractivity contribution in [1.82, 2.24) is 9.38 Å². The third kappa shape index (κ3) is 3.38. The van der Waals surface area contributed by atoms with Crippen LogP contribution in [0.1, 0.15) is 11.3 Å². The number of fused-ring (bicyclic) bond motifs is 1. The van der Waals surface area contributed by atoms with Gasteiger partial charge in [-0.2, -0.15) is 0 Å². The number of pyridine rings is 1. The number of hydrogen-bond acceptors (Lipinski definition) is 3. The van der Waals surface area contributed by atoms with Gasteiger partial charge in [0.1, 0.15) is 11.4 Å². The Hall–Kier alpha value is -3.27. The summed E-state index contributed by atoms with van der Waals surface area (Å²) in [5.74, 6) is 0.839. The quantitative estimate of drug-likeness (QED) is 0.520. The summed E-state index contributed by atoms with van der Waals surface area (Å²) in [6.07, 6.45) is 2.89. The predicted octanol–water partition coefficient (Wildman–Crippen LogP) is 4.67. The maximum absolute atomic E-state index is 5.40. The fourth-order valence-electron chi connectivity index (χ4n) is 3.32. The Bertz CT molecular complexity index is 1060. The van der Waals surface area contributed by atoms with Crippen molar-refractivity contribution in [3.8, 4) is 17.0 Å². The minimum Gasteiger partial charge on any atom is -0.497 e. The monoisotopic (exact) mass is 357 g/mol. The maximum atomic E-state index is 5.40. The lowest BCUT2D eigenvalue weighted by Gasteiger charge is -2.13. The molecule has 0 N–H and O–H groups in total. The number of hydrogen-bond donors (Lipinski definition) is 0. The standard InChI is InChI=1S/C23H23N3O/c1-25(2)19-12-10-17(11-13-19)15-21-23(18-7-6-8-20(16-18)27-3)24-22-9-4-5-14-26(21)22/h4-14,16H,15H2,1-3H3. The molecule has 0 saturated carbocycles. The summed E-state index contributed by atoms with van der Waals surface area (Å²) in [4.78, 5) is 7.01. The van der Waals surface area contributed by atoms with Gasteiger partial charge in [0, 0.05) is 38.0 Å². The summed E-state index contributed by atoms with van der Waals surface area (Å²) in [7, 11) is 5.80. The molecule has 4 rings (SSSR count). The fourth-order valence-corrected chi connectivity index (χ4v) is 3.32. The van der Waals surface area contributed by atoms with Crippen LogP contribution in [0.15, 0.2) is 72.9 Å². The van der Waals surface area contributed by atoms with E-state index in [0.29, 0.717) is 0 Å². The molecule has 0 aliphatic rings. The molecule has 0 radical (unpaired) electrons. The van der Waals surface area contributed by atoms with E-state index in [1.165, 1.54) is 16.9 Å². The summed E-state index contributed by atoms with van der Waals surface area (Å²) in [5.41, 5.74) is 6.65. The minimum atomic E-state index is 0.811. The zero-order chi connectivity index (χ0) is 18.8. The van der Waals surface area contributed by atoms with Crippen molar-refractivity contribution in [3.05, 3.63) is 84.2 Å². The molecule has 136 valence electrons. The van der Waals surface area contributed by atoms with Crippen molar-refractivity contribution in [1.29, 1.82) is 0 Å². The third-order valence-corrected chi connectivity index (χ3v) is 4.80. The number of rotatable bonds is 5. The van der Waals surface area contributed by atoms with Gasteiger partial charge in [-0.3, -0.25) is 0 Å². The van der Waals surface area contributed by atoms with Crippen LogP contribution in [0, 0.1) is 0 Å². The highest BCUT2D eigenvalue weighted by molar-refractivity contribution is 5.68. The van der Waals surface area contributed by atoms with Gasteiger partial charge in [0.15, 0.2) is 0 Å². The van der Waals surface area contributed by atoms with Crippen LogP contribution < -0.4 is 9.64 Å². The van der Waals surface area contributed by atoms with E-state index in [-0.39, 0.29) is 0 Å². The van der Waals surface area contributed by atoms with Crippen molar-refractivity contribution in [2.24, 2.45) is 0 Å². The molecule has 4 heteroatoms. The second kappa shape index (κ2) is 7.16. The largest absolute Gasteiger partial charge is 0.497 e. The Morgan fingerprint density at radius 2 is 1.78 bits per heavy atom. The molecule has 0 saturated heterocycles. The molecule has 0 unspecified atom stereocenters. The highest BCUT2D eigenvalue weighted by Crippen LogP contribution is 2.29. The SMILES string of the molecule is COc1cccc(-c2nc3ccccn3c2Cc2ccc(N(C)C)cc2)c1. The predicted molar refractivity (Wildman–Crippen MR) is 111 cm³/mol. The molecule has 0 amide bonds. The minimum absolute atomic E-state index is 0.811. The Balaban J connectivity index is 1.80. The van der Waals surface area contributed by atoms with Crippen LogP contribution in [0.25, 0.3) is 16.9 Å². The highest BCUT2D eigenvalue weighted by atomic mass is 16.5. The molecule has 0 fully saturated rings. The van der Waals surface area contributed by atoms with Crippen LogP contribution in [0.5, 0.6) is 5.75 Å². The number of imidazole rings is 1. The smallest absolute Gasteiger partial charge is 0.137 e. The molecule has 27 heavy (non-hydrogen) atoms. The number of anilines is 1. The van der Waals surface area contributed by atoms with E-state index in [0.717, 1.165) is 29.1 Å². The molecule has 0 atom stereocenters. The molecule has 0 aliphatic heterocycles. The lowest BCUT2D eigenvalue weighted by Crippen LogP contribution is -2.08. The van der Waals surface area contributed by atoms with Crippen LogP contribution in [-0.2, 0) is 6.42 Å². The van der Waals surface area contributed by atoms with Crippen LogP contribution in [0.4, 0.5) is 5.69 Å². The van der Waals surface area contributed by atoms with Crippen LogP contribution >= 0.6 is 0 Å². The van der Waals surface area contributed by atoms with Gasteiger partial charge in [0.25, 0.3) is 0 Å². The lowest BCUT2D eigenvalue weighted by molar-refractivity contribution is 0.415. The number of nitrogens with zero attached hydrogens (tertiary/aromatic N) is 3. The maximum Gasteiger partial charge on any atom is 0.137 e. The van der Waals surface area contributed by atoms with Gasteiger partial charge in [-0.15, -0.1) is 0 Å². The Morgan fingerprint density at radius 1 is 0.963 bits per heavy atom. The number of benzene rings is 2. The van der Waals surface area contributed by atoms with E-state index in [2.05, 4.69) is 59.9 Å². The van der Waals surface area contributed by atoms with Gasteiger partial charge >= 0.3 is 0 Å². The van der Waals surface area contributed by atoms with Gasteiger partial charge in [0.05, 0.1) is 18.5 Å². The molecule has 0 aliphatic carbocycles. The van der Waals surface area contributed by atoms with E-state index in [1.807, 2.05) is 36.4 Å². The van der Waals surface area contributed by atoms with Gasteiger partial charge in [-0.1, -0.05) is 30.3 Å². The molecular formula is C23H23N3O. The molecule has 2 heterocycles. The van der Waals surface area contributed by atoms with Crippen molar-refractivity contribution < 1.29 is 4.74 Å². The molecule has 2 aromatic heterocycles. The van der Waals surface area contributed by atoms with Crippen LogP contribution in [0.3, 0.4) is 0 Å². The zero-order valence-electron chi connectivity index (χ0n) is 15.9. The average molecular weight is 357 g/mol. The summed E-state index contributed by atoms with van der Waals surface area (Å²) in [5, 5.41) is 0. The van der Waals surface area contributed by atoms with Crippen molar-refractivity contribution in [2.45, 2.75) is 6.42 Å². The van der Waals surface area contributed by atoms with Crippen molar-refractivity contribution in [2.75, 3.05) is 26.1 Å². The first kappa shape index (κ1) is 17.2. The van der Waals surface area contributed by atoms with Crippen LogP contribution in [-0.4, -0.2) is 30.6 Å². The molecular weight excluding hydrogens is 334 g/mol. The molecule has 0 bridgehead atoms. The van der Waals surface area contributed by atoms with E-state index < -0.39 is 0 Å². The lowest BCUT2D eigenvalue weighted by atomic mass is 10.0. The van der Waals surface area contributed by atoms with Crippen LogP contribution in [0.2, 0.25) is 0 Å². The third-order valence-electron chi connectivity index (χ3n) is 4.80. The number of methoxy groups -OCH3 is 1. The first-order valence-electron chi connectivity index (χ1n) is 9.02. The zero-order valence-corrected chi connectivity index (χ0v) is 15.9. The summed E-state index contributed by atoms with van der Waals surface area (Å²) in [6.45, 7) is 0. The molecule has 4 nitrogen and oxygen atoms in total. The summed E-state index contributed by atoms with van der Waals surface area (Å²) < 4.78 is 7.58. The van der Waals surface area contributed by atoms with E-state index >= 15 is 0 Å². The Kier molecular flexibility index (Phi) is 4.55. The topological polar surface area (TPSA) is 29.8 Å². The van der Waals surface area contributed by atoms with Gasteiger partial charge in [-0.05, 0) is 42.0 Å². The van der Waals surface area contributed by atoms with Gasteiger partial charge in [0.2, 0.25) is 0 Å². The highest BCUT2D eigenvalue weighted by Gasteiger charge is 2.15. The second-order valence-corrected chi connectivity index (χ2v) is 6.81. The number of ether oxygens (including phenoxy) is 1. The van der Waals surface area contributed by atoms with E-state index in [9.17, 15) is 0 Å². The number of aromatic nitrogens is 2.